The summed E-state index contributed by atoms with van der Waals surface area (Å²) in [6.07, 6.45) is 5.06. The Labute approximate surface area is 200 Å². The summed E-state index contributed by atoms with van der Waals surface area (Å²) in [5.74, 6) is -0.511. The van der Waals surface area contributed by atoms with Crippen LogP contribution in [-0.4, -0.2) is 73.6 Å². The SMILES string of the molecule is CN(C)CCN(Cc1cnc(S(=O)(=O)Cc2ccc(F)cc2)n1CC1CCCO1)C(=O)C1CC1. The van der Waals surface area contributed by atoms with Crippen molar-refractivity contribution >= 4 is 15.7 Å². The van der Waals surface area contributed by atoms with Gasteiger partial charge in [0.2, 0.25) is 20.9 Å². The van der Waals surface area contributed by atoms with Crippen molar-refractivity contribution in [2.45, 2.75) is 55.8 Å². The quantitative estimate of drug-likeness (QED) is 0.479. The number of carbonyl (C=O) groups is 1. The maximum Gasteiger partial charge on any atom is 0.228 e. The van der Waals surface area contributed by atoms with E-state index >= 15 is 0 Å². The van der Waals surface area contributed by atoms with Crippen LogP contribution in [0.2, 0.25) is 0 Å². The van der Waals surface area contributed by atoms with Crippen LogP contribution in [0.15, 0.2) is 35.6 Å². The predicted octanol–water partition coefficient (Wildman–Crippen LogP) is 2.48. The van der Waals surface area contributed by atoms with Crippen molar-refractivity contribution in [2.24, 2.45) is 5.92 Å². The number of rotatable bonds is 11. The number of imidazole rings is 1. The van der Waals surface area contributed by atoms with E-state index < -0.39 is 15.7 Å². The van der Waals surface area contributed by atoms with Crippen molar-refractivity contribution in [1.82, 2.24) is 19.4 Å². The third-order valence-corrected chi connectivity index (χ3v) is 7.86. The first-order valence-corrected chi connectivity index (χ1v) is 13.4. The van der Waals surface area contributed by atoms with Gasteiger partial charge in [0.25, 0.3) is 0 Å². The summed E-state index contributed by atoms with van der Waals surface area (Å²) in [5.41, 5.74) is 1.17. The van der Waals surface area contributed by atoms with Crippen LogP contribution < -0.4 is 0 Å². The molecule has 1 saturated carbocycles. The second kappa shape index (κ2) is 10.5. The van der Waals surface area contributed by atoms with Gasteiger partial charge >= 0.3 is 0 Å². The number of nitrogens with zero attached hydrogens (tertiary/aromatic N) is 4. The summed E-state index contributed by atoms with van der Waals surface area (Å²) >= 11 is 0. The number of carbonyl (C=O) groups excluding carboxylic acids is 1. The predicted molar refractivity (Wildman–Crippen MR) is 125 cm³/mol. The molecule has 2 fully saturated rings. The van der Waals surface area contributed by atoms with Crippen molar-refractivity contribution in [2.75, 3.05) is 33.8 Å². The van der Waals surface area contributed by atoms with Crippen molar-refractivity contribution in [3.05, 3.63) is 47.5 Å². The Kier molecular flexibility index (Phi) is 7.69. The van der Waals surface area contributed by atoms with Crippen LogP contribution in [0.1, 0.15) is 36.9 Å². The molecule has 2 heterocycles. The maximum absolute atomic E-state index is 13.3. The topological polar surface area (TPSA) is 84.7 Å². The van der Waals surface area contributed by atoms with Gasteiger partial charge in [-0.1, -0.05) is 12.1 Å². The Morgan fingerprint density at radius 2 is 1.91 bits per heavy atom. The standard InChI is InChI=1S/C24H33FN4O4S/c1-27(2)11-12-28(23(30)19-7-8-19)15-21-14-26-24(29(21)16-22-4-3-13-33-22)34(31,32)17-18-5-9-20(25)10-6-18/h5-6,9-10,14,19,22H,3-4,7-8,11-13,15-17H2,1-2H3. The molecule has 2 aromatic rings. The number of ether oxygens (including phenoxy) is 1. The molecule has 0 bridgehead atoms. The highest BCUT2D eigenvalue weighted by Gasteiger charge is 2.34. The van der Waals surface area contributed by atoms with Crippen molar-refractivity contribution in [3.63, 3.8) is 0 Å². The van der Waals surface area contributed by atoms with Gasteiger partial charge in [-0.2, -0.15) is 0 Å². The molecule has 1 atom stereocenters. The van der Waals surface area contributed by atoms with Gasteiger partial charge in [-0.3, -0.25) is 4.79 Å². The molecule has 1 aromatic heterocycles. The zero-order valence-corrected chi connectivity index (χ0v) is 20.6. The summed E-state index contributed by atoms with van der Waals surface area (Å²) in [5, 5.41) is -0.0336. The van der Waals surface area contributed by atoms with Crippen LogP contribution in [0.4, 0.5) is 4.39 Å². The van der Waals surface area contributed by atoms with Gasteiger partial charge in [-0.15, -0.1) is 0 Å². The molecule has 8 nitrogen and oxygen atoms in total. The Morgan fingerprint density at radius 3 is 2.53 bits per heavy atom. The number of sulfone groups is 1. The second-order valence-corrected chi connectivity index (χ2v) is 11.4. The van der Waals surface area contributed by atoms with Gasteiger partial charge < -0.3 is 19.1 Å². The average Bonchev–Trinajstić information content (AvgIpc) is 3.37. The molecule has 2 aliphatic rings. The number of likely N-dealkylation sites (N-methyl/N-ethyl adjacent to an activating group) is 1. The number of amides is 1. The van der Waals surface area contributed by atoms with E-state index in [9.17, 15) is 17.6 Å². The highest BCUT2D eigenvalue weighted by atomic mass is 32.2. The first kappa shape index (κ1) is 24.8. The molecular weight excluding hydrogens is 459 g/mol. The molecule has 1 aliphatic carbocycles. The van der Waals surface area contributed by atoms with Crippen LogP contribution in [0.25, 0.3) is 0 Å². The molecule has 0 N–H and O–H groups in total. The molecule has 34 heavy (non-hydrogen) atoms. The number of hydrogen-bond acceptors (Lipinski definition) is 6. The highest BCUT2D eigenvalue weighted by molar-refractivity contribution is 7.90. The maximum atomic E-state index is 13.3. The molecule has 1 saturated heterocycles. The van der Waals surface area contributed by atoms with E-state index in [1.54, 1.807) is 10.8 Å². The van der Waals surface area contributed by atoms with Crippen LogP contribution in [-0.2, 0) is 38.2 Å². The minimum absolute atomic E-state index is 0.0336. The van der Waals surface area contributed by atoms with Crippen molar-refractivity contribution < 1.29 is 22.3 Å². The van der Waals surface area contributed by atoms with Crippen molar-refractivity contribution in [1.29, 1.82) is 0 Å². The summed E-state index contributed by atoms with van der Waals surface area (Å²) in [6.45, 7) is 2.60. The van der Waals surface area contributed by atoms with Crippen LogP contribution in [0.3, 0.4) is 0 Å². The third kappa shape index (κ3) is 6.22. The lowest BCUT2D eigenvalue weighted by molar-refractivity contribution is -0.133. The smallest absolute Gasteiger partial charge is 0.228 e. The Balaban J connectivity index is 1.62. The number of benzene rings is 1. The van der Waals surface area contributed by atoms with Gasteiger partial charge in [-0.25, -0.2) is 17.8 Å². The average molecular weight is 493 g/mol. The summed E-state index contributed by atoms with van der Waals surface area (Å²) in [4.78, 5) is 21.1. The summed E-state index contributed by atoms with van der Waals surface area (Å²) < 4.78 is 47.5. The third-order valence-electron chi connectivity index (χ3n) is 6.27. The Bertz CT molecular complexity index is 1090. The normalized spacial score (nSPS) is 18.5. The van der Waals surface area contributed by atoms with Gasteiger partial charge in [0.05, 0.1) is 36.8 Å². The monoisotopic (exact) mass is 492 g/mol. The minimum atomic E-state index is -3.80. The van der Waals surface area contributed by atoms with E-state index in [0.29, 0.717) is 44.0 Å². The van der Waals surface area contributed by atoms with E-state index in [-0.39, 0.29) is 28.8 Å². The van der Waals surface area contributed by atoms with Gasteiger partial charge in [0.1, 0.15) is 5.82 Å². The fraction of sp³-hybridized carbons (Fsp3) is 0.583. The Hall–Kier alpha value is -2.30. The van der Waals surface area contributed by atoms with Crippen LogP contribution in [0, 0.1) is 11.7 Å². The molecule has 1 unspecified atom stereocenters. The molecule has 186 valence electrons. The van der Waals surface area contributed by atoms with Gasteiger partial charge in [0.15, 0.2) is 0 Å². The van der Waals surface area contributed by atoms with Crippen LogP contribution >= 0.6 is 0 Å². The van der Waals surface area contributed by atoms with Crippen LogP contribution in [0.5, 0.6) is 0 Å². The number of aromatic nitrogens is 2. The highest BCUT2D eigenvalue weighted by Crippen LogP contribution is 2.32. The first-order chi connectivity index (χ1) is 16.2. The van der Waals surface area contributed by atoms with E-state index in [1.807, 2.05) is 23.9 Å². The Morgan fingerprint density at radius 1 is 1.18 bits per heavy atom. The van der Waals surface area contributed by atoms with E-state index in [4.69, 9.17) is 4.74 Å². The lowest BCUT2D eigenvalue weighted by Gasteiger charge is -2.25. The lowest BCUT2D eigenvalue weighted by atomic mass is 10.2. The van der Waals surface area contributed by atoms with E-state index in [1.165, 1.54) is 24.3 Å². The van der Waals surface area contributed by atoms with Crippen molar-refractivity contribution in [3.8, 4) is 0 Å². The molecule has 0 radical (unpaired) electrons. The fourth-order valence-corrected chi connectivity index (χ4v) is 5.69. The molecule has 10 heteroatoms. The minimum Gasteiger partial charge on any atom is -0.376 e. The largest absolute Gasteiger partial charge is 0.376 e. The summed E-state index contributed by atoms with van der Waals surface area (Å²) in [6, 6.07) is 5.44. The fourth-order valence-electron chi connectivity index (χ4n) is 4.19. The molecule has 1 amide bonds. The zero-order valence-electron chi connectivity index (χ0n) is 19.8. The lowest BCUT2D eigenvalue weighted by Crippen LogP contribution is -2.38. The number of halogens is 1. The molecule has 4 rings (SSSR count). The number of hydrogen-bond donors (Lipinski definition) is 0. The van der Waals surface area contributed by atoms with Gasteiger partial charge in [0, 0.05) is 25.6 Å². The molecule has 0 spiro atoms. The van der Waals surface area contributed by atoms with Gasteiger partial charge in [-0.05, 0) is 57.5 Å². The first-order valence-electron chi connectivity index (χ1n) is 11.8. The zero-order chi connectivity index (χ0) is 24.3. The molecular formula is C24H33FN4O4S. The molecule has 1 aliphatic heterocycles. The molecule has 1 aromatic carbocycles. The summed E-state index contributed by atoms with van der Waals surface area (Å²) in [7, 11) is 0.119. The van der Waals surface area contributed by atoms with E-state index in [2.05, 4.69) is 4.98 Å². The second-order valence-electron chi connectivity index (χ2n) is 9.50. The van der Waals surface area contributed by atoms with E-state index in [0.717, 1.165) is 25.7 Å².